The van der Waals surface area contributed by atoms with E-state index in [-0.39, 0.29) is 0 Å². The summed E-state index contributed by atoms with van der Waals surface area (Å²) in [6.45, 7) is 9.91. The molecule has 0 fully saturated rings. The predicted octanol–water partition coefficient (Wildman–Crippen LogP) is 6.70. The standard InChI is InChI=1S/C20H20F3NO2.C2H6/c1-19(2,3)26-18(25)24-12-11-16-15(5-4-6-17(16)24)13-7-9-14(10-8-13)20(21,22)23;1-2/h4-10H,11-12H2,1-3H3;1-2H3. The highest BCUT2D eigenvalue weighted by Gasteiger charge is 2.32. The third kappa shape index (κ3) is 4.86. The van der Waals surface area contributed by atoms with Gasteiger partial charge >= 0.3 is 12.3 Å². The first-order chi connectivity index (χ1) is 13.1. The van der Waals surface area contributed by atoms with Crippen LogP contribution in [0.5, 0.6) is 0 Å². The second-order valence-corrected chi connectivity index (χ2v) is 7.26. The van der Waals surface area contributed by atoms with E-state index < -0.39 is 23.4 Å². The third-order valence-corrected chi connectivity index (χ3v) is 4.16. The number of ether oxygens (including phenoxy) is 1. The Hall–Kier alpha value is -2.50. The van der Waals surface area contributed by atoms with Gasteiger partial charge in [0.15, 0.2) is 0 Å². The van der Waals surface area contributed by atoms with Crippen molar-refractivity contribution in [2.24, 2.45) is 0 Å². The smallest absolute Gasteiger partial charge is 0.416 e. The Morgan fingerprint density at radius 3 is 2.14 bits per heavy atom. The molecule has 3 nitrogen and oxygen atoms in total. The van der Waals surface area contributed by atoms with Crippen LogP contribution in [-0.2, 0) is 17.3 Å². The highest BCUT2D eigenvalue weighted by molar-refractivity contribution is 5.93. The largest absolute Gasteiger partial charge is 0.443 e. The molecule has 0 atom stereocenters. The fourth-order valence-corrected chi connectivity index (χ4v) is 3.05. The van der Waals surface area contributed by atoms with Crippen LogP contribution in [0.15, 0.2) is 42.5 Å². The van der Waals surface area contributed by atoms with E-state index in [0.29, 0.717) is 18.5 Å². The molecule has 0 radical (unpaired) electrons. The Balaban J connectivity index is 0.00000136. The van der Waals surface area contributed by atoms with Crippen LogP contribution in [0.1, 0.15) is 45.7 Å². The Labute approximate surface area is 164 Å². The third-order valence-electron chi connectivity index (χ3n) is 4.16. The first-order valence-electron chi connectivity index (χ1n) is 9.36. The van der Waals surface area contributed by atoms with E-state index in [0.717, 1.165) is 28.9 Å². The highest BCUT2D eigenvalue weighted by Crippen LogP contribution is 2.38. The molecule has 1 aliphatic rings. The minimum Gasteiger partial charge on any atom is -0.443 e. The van der Waals surface area contributed by atoms with Gasteiger partial charge in [-0.1, -0.05) is 38.1 Å². The lowest BCUT2D eigenvalue weighted by Gasteiger charge is -2.25. The summed E-state index contributed by atoms with van der Waals surface area (Å²) in [6.07, 6.45) is -4.14. The van der Waals surface area contributed by atoms with Crippen molar-refractivity contribution in [3.8, 4) is 11.1 Å². The van der Waals surface area contributed by atoms with Crippen molar-refractivity contribution in [3.05, 3.63) is 53.6 Å². The maximum absolute atomic E-state index is 12.8. The summed E-state index contributed by atoms with van der Waals surface area (Å²) in [7, 11) is 0. The van der Waals surface area contributed by atoms with Crippen LogP contribution in [0.4, 0.5) is 23.7 Å². The summed E-state index contributed by atoms with van der Waals surface area (Å²) in [5, 5.41) is 0. The maximum Gasteiger partial charge on any atom is 0.416 e. The zero-order valence-corrected chi connectivity index (χ0v) is 16.9. The number of hydrogen-bond donors (Lipinski definition) is 0. The molecule has 0 bridgehead atoms. The second kappa shape index (κ2) is 8.25. The number of nitrogens with zero attached hydrogens (tertiary/aromatic N) is 1. The Kier molecular flexibility index (Phi) is 6.42. The molecule has 1 amide bonds. The van der Waals surface area contributed by atoms with Crippen molar-refractivity contribution in [2.75, 3.05) is 11.4 Å². The molecule has 0 N–H and O–H groups in total. The summed E-state index contributed by atoms with van der Waals surface area (Å²) in [4.78, 5) is 14.0. The molecule has 0 spiro atoms. The lowest BCUT2D eigenvalue weighted by molar-refractivity contribution is -0.137. The molecule has 0 aliphatic carbocycles. The number of anilines is 1. The van der Waals surface area contributed by atoms with Crippen LogP contribution in [0.25, 0.3) is 11.1 Å². The van der Waals surface area contributed by atoms with Crippen LogP contribution in [-0.4, -0.2) is 18.2 Å². The molecule has 28 heavy (non-hydrogen) atoms. The molecule has 1 heterocycles. The summed E-state index contributed by atoms with van der Waals surface area (Å²) < 4.78 is 43.7. The minimum atomic E-state index is -4.36. The minimum absolute atomic E-state index is 0.416. The van der Waals surface area contributed by atoms with Gasteiger partial charge in [0.2, 0.25) is 0 Å². The molecule has 0 saturated carbocycles. The summed E-state index contributed by atoms with van der Waals surface area (Å²) >= 11 is 0. The SMILES string of the molecule is CC.CC(C)(C)OC(=O)N1CCc2c(-c3ccc(C(F)(F)F)cc3)cccc21. The maximum atomic E-state index is 12.8. The number of halogens is 3. The molecule has 0 saturated heterocycles. The first kappa shape index (κ1) is 21.8. The van der Waals surface area contributed by atoms with Gasteiger partial charge in [-0.3, -0.25) is 4.90 Å². The second-order valence-electron chi connectivity index (χ2n) is 7.26. The van der Waals surface area contributed by atoms with Crippen LogP contribution in [0.3, 0.4) is 0 Å². The van der Waals surface area contributed by atoms with Crippen LogP contribution in [0, 0.1) is 0 Å². The first-order valence-corrected chi connectivity index (χ1v) is 9.36. The summed E-state index contributed by atoms with van der Waals surface area (Å²) in [5.41, 5.74) is 1.95. The number of hydrogen-bond acceptors (Lipinski definition) is 2. The molecule has 6 heteroatoms. The number of carbonyl (C=O) groups is 1. The van der Waals surface area contributed by atoms with Gasteiger partial charge in [-0.15, -0.1) is 0 Å². The van der Waals surface area contributed by atoms with Crippen LogP contribution >= 0.6 is 0 Å². The number of alkyl halides is 3. The van der Waals surface area contributed by atoms with Crippen molar-refractivity contribution in [1.29, 1.82) is 0 Å². The van der Waals surface area contributed by atoms with Gasteiger partial charge in [0.25, 0.3) is 0 Å². The molecule has 2 aromatic carbocycles. The predicted molar refractivity (Wildman–Crippen MR) is 106 cm³/mol. The van der Waals surface area contributed by atoms with Gasteiger partial charge < -0.3 is 4.74 Å². The van der Waals surface area contributed by atoms with Crippen LogP contribution in [0.2, 0.25) is 0 Å². The molecule has 0 unspecified atom stereocenters. The average molecular weight is 393 g/mol. The van der Waals surface area contributed by atoms with E-state index in [1.165, 1.54) is 12.1 Å². The monoisotopic (exact) mass is 393 g/mol. The Morgan fingerprint density at radius 2 is 1.61 bits per heavy atom. The molecular formula is C22H26F3NO2. The van der Waals surface area contributed by atoms with E-state index in [9.17, 15) is 18.0 Å². The lowest BCUT2D eigenvalue weighted by atomic mass is 9.97. The van der Waals surface area contributed by atoms with Gasteiger partial charge in [0.05, 0.1) is 11.3 Å². The number of carbonyl (C=O) groups excluding carboxylic acids is 1. The molecule has 152 valence electrons. The number of rotatable bonds is 1. The summed E-state index contributed by atoms with van der Waals surface area (Å²) in [5.74, 6) is 0. The average Bonchev–Trinajstić information content (AvgIpc) is 3.06. The fraction of sp³-hybridized carbons (Fsp3) is 0.409. The summed E-state index contributed by atoms with van der Waals surface area (Å²) in [6, 6.07) is 10.6. The topological polar surface area (TPSA) is 29.5 Å². The number of amides is 1. The molecule has 2 aromatic rings. The van der Waals surface area contributed by atoms with Crippen molar-refractivity contribution < 1.29 is 22.7 Å². The molecule has 3 rings (SSSR count). The van der Waals surface area contributed by atoms with Gasteiger partial charge in [-0.05, 0) is 62.1 Å². The number of benzene rings is 2. The quantitative estimate of drug-likeness (QED) is 0.540. The van der Waals surface area contributed by atoms with E-state index in [2.05, 4.69) is 0 Å². The molecule has 1 aliphatic heterocycles. The highest BCUT2D eigenvalue weighted by atomic mass is 19.4. The zero-order chi connectivity index (χ0) is 21.1. The van der Waals surface area contributed by atoms with Gasteiger partial charge in [0.1, 0.15) is 5.60 Å². The molecule has 0 aromatic heterocycles. The van der Waals surface area contributed by atoms with Crippen molar-refractivity contribution in [1.82, 2.24) is 0 Å². The Bertz CT molecular complexity index is 821. The van der Waals surface area contributed by atoms with Gasteiger partial charge in [-0.25, -0.2) is 4.79 Å². The lowest BCUT2D eigenvalue weighted by Crippen LogP contribution is -2.35. The molecular weight excluding hydrogens is 367 g/mol. The van der Waals surface area contributed by atoms with Crippen molar-refractivity contribution in [2.45, 2.75) is 52.8 Å². The fourth-order valence-electron chi connectivity index (χ4n) is 3.05. The van der Waals surface area contributed by atoms with E-state index in [1.54, 1.807) is 31.7 Å². The number of fused-ring (bicyclic) bond motifs is 1. The Morgan fingerprint density at radius 1 is 1.00 bits per heavy atom. The van der Waals surface area contributed by atoms with Gasteiger partial charge in [0, 0.05) is 6.54 Å². The van der Waals surface area contributed by atoms with E-state index >= 15 is 0 Å². The van der Waals surface area contributed by atoms with E-state index in [4.69, 9.17) is 4.74 Å². The normalized spacial score (nSPS) is 13.5. The van der Waals surface area contributed by atoms with Crippen LogP contribution < -0.4 is 4.90 Å². The van der Waals surface area contributed by atoms with E-state index in [1.807, 2.05) is 26.0 Å². The van der Waals surface area contributed by atoms with Gasteiger partial charge in [-0.2, -0.15) is 13.2 Å². The van der Waals surface area contributed by atoms with Crippen molar-refractivity contribution in [3.63, 3.8) is 0 Å². The zero-order valence-electron chi connectivity index (χ0n) is 16.9. The van der Waals surface area contributed by atoms with Crippen molar-refractivity contribution >= 4 is 11.8 Å².